The van der Waals surface area contributed by atoms with Crippen LogP contribution in [0.5, 0.6) is 0 Å². The van der Waals surface area contributed by atoms with Crippen LogP contribution >= 0.6 is 0 Å². The number of fused-ring (bicyclic) bond motifs is 1. The third-order valence-electron chi connectivity index (χ3n) is 7.47. The van der Waals surface area contributed by atoms with Crippen molar-refractivity contribution in [3.8, 4) is 0 Å². The Labute approximate surface area is 187 Å². The molecule has 0 heterocycles. The third kappa shape index (κ3) is 3.39. The molecule has 31 heavy (non-hydrogen) atoms. The van der Waals surface area contributed by atoms with E-state index in [1.165, 1.54) is 52.6 Å². The molecule has 0 N–H and O–H groups in total. The lowest BCUT2D eigenvalue weighted by Crippen LogP contribution is -2.38. The molecule has 2 unspecified atom stereocenters. The van der Waals surface area contributed by atoms with E-state index in [1.807, 2.05) is 0 Å². The molecule has 3 aromatic carbocycles. The first-order valence-corrected chi connectivity index (χ1v) is 11.7. The van der Waals surface area contributed by atoms with Crippen LogP contribution in [0.4, 0.5) is 0 Å². The van der Waals surface area contributed by atoms with Gasteiger partial charge in [0.2, 0.25) is 0 Å². The molecule has 2 aliphatic rings. The van der Waals surface area contributed by atoms with Crippen LogP contribution in [-0.2, 0) is 5.41 Å². The summed E-state index contributed by atoms with van der Waals surface area (Å²) in [5, 5.41) is 0. The maximum atomic E-state index is 2.43. The van der Waals surface area contributed by atoms with Crippen LogP contribution in [0, 0.1) is 32.6 Å². The van der Waals surface area contributed by atoms with Gasteiger partial charge in [-0.2, -0.15) is 0 Å². The van der Waals surface area contributed by atoms with Crippen molar-refractivity contribution in [3.05, 3.63) is 130 Å². The summed E-state index contributed by atoms with van der Waals surface area (Å²) in [6, 6.07) is 27.8. The Morgan fingerprint density at radius 3 is 1.68 bits per heavy atom. The van der Waals surface area contributed by atoms with Crippen LogP contribution in [-0.4, -0.2) is 0 Å². The van der Waals surface area contributed by atoms with Crippen molar-refractivity contribution >= 4 is 0 Å². The third-order valence-corrected chi connectivity index (χ3v) is 7.47. The van der Waals surface area contributed by atoms with Crippen molar-refractivity contribution in [1.29, 1.82) is 0 Å². The van der Waals surface area contributed by atoms with Crippen LogP contribution in [0.3, 0.4) is 0 Å². The minimum Gasteiger partial charge on any atom is -0.0839 e. The van der Waals surface area contributed by atoms with Gasteiger partial charge in [-0.1, -0.05) is 113 Å². The Morgan fingerprint density at radius 1 is 0.677 bits per heavy atom. The van der Waals surface area contributed by atoms with E-state index in [0.717, 1.165) is 0 Å². The van der Waals surface area contributed by atoms with Gasteiger partial charge in [-0.15, -0.1) is 0 Å². The smallest absolute Gasteiger partial charge is 0.0516 e. The van der Waals surface area contributed by atoms with Gasteiger partial charge in [0.25, 0.3) is 0 Å². The molecule has 3 aromatic rings. The van der Waals surface area contributed by atoms with E-state index in [-0.39, 0.29) is 5.41 Å². The molecular formula is C31H32. The van der Waals surface area contributed by atoms with E-state index in [9.17, 15) is 0 Å². The van der Waals surface area contributed by atoms with E-state index < -0.39 is 0 Å². The Balaban J connectivity index is 1.88. The zero-order valence-electron chi connectivity index (χ0n) is 18.9. The van der Waals surface area contributed by atoms with Crippen LogP contribution in [0.25, 0.3) is 0 Å². The van der Waals surface area contributed by atoms with E-state index in [4.69, 9.17) is 0 Å². The average molecular weight is 405 g/mol. The van der Waals surface area contributed by atoms with Crippen molar-refractivity contribution in [2.24, 2.45) is 11.8 Å². The molecule has 0 aliphatic heterocycles. The van der Waals surface area contributed by atoms with Crippen molar-refractivity contribution in [3.63, 3.8) is 0 Å². The second kappa shape index (κ2) is 8.00. The Kier molecular flexibility index (Phi) is 5.18. The molecule has 0 heteroatoms. The van der Waals surface area contributed by atoms with Gasteiger partial charge in [0.05, 0.1) is 5.41 Å². The van der Waals surface area contributed by atoms with Gasteiger partial charge < -0.3 is 0 Å². The molecule has 1 saturated carbocycles. The summed E-state index contributed by atoms with van der Waals surface area (Å²) in [7, 11) is 0. The Morgan fingerprint density at radius 2 is 1.19 bits per heavy atom. The molecule has 0 aromatic heterocycles. The number of hydrogen-bond acceptors (Lipinski definition) is 0. The molecule has 0 radical (unpaired) electrons. The average Bonchev–Trinajstić information content (AvgIpc) is 3.19. The fraction of sp³-hybridized carbons (Fsp3) is 0.290. The molecule has 5 rings (SSSR count). The molecule has 0 bridgehead atoms. The van der Waals surface area contributed by atoms with E-state index in [2.05, 4.69) is 112 Å². The maximum Gasteiger partial charge on any atom is 0.0516 e. The highest BCUT2D eigenvalue weighted by Crippen LogP contribution is 2.56. The summed E-state index contributed by atoms with van der Waals surface area (Å²) in [6.45, 7) is 6.67. The molecular weight excluding hydrogens is 372 g/mol. The number of aryl methyl sites for hydroxylation is 3. The topological polar surface area (TPSA) is 0 Å². The number of rotatable bonds is 4. The molecule has 0 amide bonds. The summed E-state index contributed by atoms with van der Waals surface area (Å²) >= 11 is 0. The second-order valence-electron chi connectivity index (χ2n) is 9.57. The lowest BCUT2D eigenvalue weighted by Gasteiger charge is -2.43. The van der Waals surface area contributed by atoms with Gasteiger partial charge in [-0.05, 0) is 68.6 Å². The van der Waals surface area contributed by atoms with Gasteiger partial charge in [0, 0.05) is 0 Å². The molecule has 2 atom stereocenters. The summed E-state index contributed by atoms with van der Waals surface area (Å²) in [6.07, 6.45) is 10.8. The quantitative estimate of drug-likeness (QED) is 0.388. The van der Waals surface area contributed by atoms with E-state index in [1.54, 1.807) is 5.57 Å². The summed E-state index contributed by atoms with van der Waals surface area (Å²) in [5.74, 6) is 1.15. The minimum atomic E-state index is -0.185. The lowest BCUT2D eigenvalue weighted by molar-refractivity contribution is 0.433. The monoisotopic (exact) mass is 404 g/mol. The standard InChI is InChI=1S/C31H32/c1-22-9-6-13-26(19-22)31(27-14-7-10-23(2)20-27,28-15-8-11-24(3)21-28)30-18-17-25-12-4-5-16-29(25)30/h4-11,13-16,19-21,25,30H,12,17-18H2,1-3H3. The fourth-order valence-corrected chi connectivity index (χ4v) is 6.15. The molecule has 0 nitrogen and oxygen atoms in total. The second-order valence-corrected chi connectivity index (χ2v) is 9.57. The highest BCUT2D eigenvalue weighted by molar-refractivity contribution is 5.56. The zero-order chi connectivity index (χ0) is 21.4. The minimum absolute atomic E-state index is 0.185. The first-order valence-electron chi connectivity index (χ1n) is 11.7. The first kappa shape index (κ1) is 20.1. The van der Waals surface area contributed by atoms with E-state index in [0.29, 0.717) is 11.8 Å². The van der Waals surface area contributed by atoms with Crippen LogP contribution in [0.15, 0.2) is 96.6 Å². The Hall–Kier alpha value is -2.86. The Bertz CT molecular complexity index is 1050. The largest absolute Gasteiger partial charge is 0.0839 e. The molecule has 0 saturated heterocycles. The van der Waals surface area contributed by atoms with Crippen molar-refractivity contribution in [2.75, 3.05) is 0 Å². The lowest BCUT2D eigenvalue weighted by atomic mass is 9.59. The van der Waals surface area contributed by atoms with Gasteiger partial charge in [-0.3, -0.25) is 0 Å². The predicted octanol–water partition coefficient (Wildman–Crippen LogP) is 7.86. The van der Waals surface area contributed by atoms with Crippen LogP contribution in [0.2, 0.25) is 0 Å². The summed E-state index contributed by atoms with van der Waals surface area (Å²) in [5.41, 5.74) is 9.71. The van der Waals surface area contributed by atoms with E-state index >= 15 is 0 Å². The van der Waals surface area contributed by atoms with Crippen molar-refractivity contribution in [1.82, 2.24) is 0 Å². The molecule has 156 valence electrons. The number of allylic oxidation sites excluding steroid dienone is 4. The van der Waals surface area contributed by atoms with Crippen molar-refractivity contribution < 1.29 is 0 Å². The van der Waals surface area contributed by atoms with Gasteiger partial charge in [0.1, 0.15) is 0 Å². The van der Waals surface area contributed by atoms with Crippen LogP contribution < -0.4 is 0 Å². The highest BCUT2D eigenvalue weighted by atomic mass is 14.5. The zero-order valence-corrected chi connectivity index (χ0v) is 18.9. The van der Waals surface area contributed by atoms with Gasteiger partial charge in [0.15, 0.2) is 0 Å². The first-order chi connectivity index (χ1) is 15.1. The SMILES string of the molecule is Cc1cccc(C(c2cccc(C)c2)(c2cccc(C)c2)C2CCC3CC=CC=C32)c1. The van der Waals surface area contributed by atoms with Gasteiger partial charge >= 0.3 is 0 Å². The normalized spacial score (nSPS) is 20.4. The van der Waals surface area contributed by atoms with Crippen LogP contribution in [0.1, 0.15) is 52.6 Å². The van der Waals surface area contributed by atoms with Crippen molar-refractivity contribution in [2.45, 2.75) is 45.4 Å². The molecule has 1 fully saturated rings. The maximum absolute atomic E-state index is 2.43. The highest BCUT2D eigenvalue weighted by Gasteiger charge is 2.49. The molecule has 2 aliphatic carbocycles. The fourth-order valence-electron chi connectivity index (χ4n) is 6.15. The number of benzene rings is 3. The number of hydrogen-bond donors (Lipinski definition) is 0. The predicted molar refractivity (Wildman–Crippen MR) is 131 cm³/mol. The molecule has 0 spiro atoms. The summed E-state index contributed by atoms with van der Waals surface area (Å²) < 4.78 is 0. The van der Waals surface area contributed by atoms with Gasteiger partial charge in [-0.25, -0.2) is 0 Å². The summed E-state index contributed by atoms with van der Waals surface area (Å²) in [4.78, 5) is 0.